The van der Waals surface area contributed by atoms with E-state index in [2.05, 4.69) is 12.7 Å². The molecule has 0 aliphatic heterocycles. The van der Waals surface area contributed by atoms with Gasteiger partial charge in [0.1, 0.15) is 5.75 Å². The average molecular weight is 401 g/mol. The second kappa shape index (κ2) is 9.03. The molecule has 3 fully saturated rings. The van der Waals surface area contributed by atoms with Gasteiger partial charge in [0.15, 0.2) is 0 Å². The third kappa shape index (κ3) is 4.64. The zero-order chi connectivity index (χ0) is 19.5. The van der Waals surface area contributed by atoms with Gasteiger partial charge >= 0.3 is 5.97 Å². The van der Waals surface area contributed by atoms with Gasteiger partial charge in [0, 0.05) is 5.02 Å². The zero-order valence-corrected chi connectivity index (χ0v) is 17.6. The lowest BCUT2D eigenvalue weighted by atomic mass is 9.61. The molecule has 1 aromatic carbocycles. The molecule has 28 heavy (non-hydrogen) atoms. The Morgan fingerprint density at radius 1 is 0.857 bits per heavy atom. The van der Waals surface area contributed by atoms with Crippen LogP contribution in [-0.4, -0.2) is 5.97 Å². The van der Waals surface area contributed by atoms with E-state index in [4.69, 9.17) is 16.3 Å². The van der Waals surface area contributed by atoms with Crippen molar-refractivity contribution in [2.75, 3.05) is 0 Å². The quantitative estimate of drug-likeness (QED) is 0.307. The molecule has 0 N–H and O–H groups in total. The molecule has 0 heterocycles. The first-order valence-electron chi connectivity index (χ1n) is 11.2. The van der Waals surface area contributed by atoms with Crippen molar-refractivity contribution in [3.8, 4) is 5.75 Å². The molecule has 3 aliphatic carbocycles. The number of carbonyl (C=O) groups excluding carboxylic acids is 1. The number of esters is 1. The minimum atomic E-state index is -0.0628. The van der Waals surface area contributed by atoms with Gasteiger partial charge in [0.25, 0.3) is 0 Å². The van der Waals surface area contributed by atoms with Crippen LogP contribution >= 0.6 is 11.6 Å². The molecule has 4 unspecified atom stereocenters. The first-order chi connectivity index (χ1) is 13.6. The van der Waals surface area contributed by atoms with E-state index in [0.717, 1.165) is 42.4 Å². The van der Waals surface area contributed by atoms with Crippen molar-refractivity contribution in [3.05, 3.63) is 41.9 Å². The highest BCUT2D eigenvalue weighted by Gasteiger charge is 2.39. The van der Waals surface area contributed by atoms with Gasteiger partial charge in [-0.25, -0.2) is 0 Å². The molecule has 3 heteroatoms. The second-order valence-corrected chi connectivity index (χ2v) is 9.83. The highest BCUT2D eigenvalue weighted by Crippen LogP contribution is 2.49. The number of allylic oxidation sites excluding steroid dienone is 1. The zero-order valence-electron chi connectivity index (χ0n) is 16.8. The van der Waals surface area contributed by atoms with Crippen LogP contribution in [0.3, 0.4) is 0 Å². The maximum Gasteiger partial charge on any atom is 0.314 e. The van der Waals surface area contributed by atoms with Gasteiger partial charge in [-0.3, -0.25) is 4.79 Å². The van der Waals surface area contributed by atoms with E-state index in [1.54, 1.807) is 24.3 Å². The number of benzene rings is 1. The van der Waals surface area contributed by atoms with E-state index in [9.17, 15) is 4.79 Å². The lowest BCUT2D eigenvalue weighted by Gasteiger charge is -2.45. The largest absolute Gasteiger partial charge is 0.426 e. The molecule has 0 bridgehead atoms. The van der Waals surface area contributed by atoms with Crippen LogP contribution in [0.1, 0.15) is 64.2 Å². The lowest BCUT2D eigenvalue weighted by Crippen LogP contribution is -2.35. The standard InChI is InChI=1S/C25H33ClO2/c1-2-17-3-4-22-16-21(10-9-20(22)15-17)18-5-7-19(8-6-18)25(27)28-24-13-11-23(26)12-14-24/h2,11-14,17-22H,1,3-10,15-16H2. The fourth-order valence-corrected chi connectivity index (χ4v) is 6.26. The van der Waals surface area contributed by atoms with Crippen LogP contribution < -0.4 is 4.74 Å². The van der Waals surface area contributed by atoms with Gasteiger partial charge in [0.05, 0.1) is 5.92 Å². The highest BCUT2D eigenvalue weighted by molar-refractivity contribution is 6.30. The van der Waals surface area contributed by atoms with E-state index < -0.39 is 0 Å². The van der Waals surface area contributed by atoms with Crippen molar-refractivity contribution in [1.82, 2.24) is 0 Å². The van der Waals surface area contributed by atoms with Crippen LogP contribution in [0.15, 0.2) is 36.9 Å². The summed E-state index contributed by atoms with van der Waals surface area (Å²) < 4.78 is 5.58. The first-order valence-corrected chi connectivity index (χ1v) is 11.6. The summed E-state index contributed by atoms with van der Waals surface area (Å²) in [5.74, 6) is 4.96. The van der Waals surface area contributed by atoms with Gasteiger partial charge in [-0.05, 0) is 118 Å². The summed E-state index contributed by atoms with van der Waals surface area (Å²) in [6.45, 7) is 4.02. The fourth-order valence-electron chi connectivity index (χ4n) is 6.13. The van der Waals surface area contributed by atoms with E-state index in [-0.39, 0.29) is 11.9 Å². The Balaban J connectivity index is 1.25. The number of carbonyl (C=O) groups is 1. The van der Waals surface area contributed by atoms with Crippen LogP contribution in [0, 0.1) is 35.5 Å². The number of fused-ring (bicyclic) bond motifs is 1. The molecule has 2 nitrogen and oxygen atoms in total. The van der Waals surface area contributed by atoms with Gasteiger partial charge in [-0.15, -0.1) is 6.58 Å². The predicted molar refractivity (Wildman–Crippen MR) is 114 cm³/mol. The summed E-state index contributed by atoms with van der Waals surface area (Å²) in [7, 11) is 0. The van der Waals surface area contributed by atoms with Crippen LogP contribution in [0.4, 0.5) is 0 Å². The normalized spacial score (nSPS) is 35.6. The number of ether oxygens (including phenoxy) is 1. The first kappa shape index (κ1) is 20.0. The molecular formula is C25H33ClO2. The molecule has 3 aliphatic rings. The Morgan fingerprint density at radius 3 is 2.11 bits per heavy atom. The monoisotopic (exact) mass is 400 g/mol. The molecule has 4 rings (SSSR count). The average Bonchev–Trinajstić information content (AvgIpc) is 2.74. The van der Waals surface area contributed by atoms with Gasteiger partial charge in [0.2, 0.25) is 0 Å². The van der Waals surface area contributed by atoms with Crippen LogP contribution in [-0.2, 0) is 4.79 Å². The third-order valence-corrected chi connectivity index (χ3v) is 8.08. The fraction of sp³-hybridized carbons (Fsp3) is 0.640. The number of halogens is 1. The predicted octanol–water partition coefficient (Wildman–Crippen LogP) is 7.07. The molecule has 4 atom stereocenters. The van der Waals surface area contributed by atoms with Crippen molar-refractivity contribution in [2.45, 2.75) is 64.2 Å². The van der Waals surface area contributed by atoms with Crippen molar-refractivity contribution in [1.29, 1.82) is 0 Å². The maximum atomic E-state index is 12.5. The summed E-state index contributed by atoms with van der Waals surface area (Å²) in [5, 5.41) is 0.660. The third-order valence-electron chi connectivity index (χ3n) is 7.83. The van der Waals surface area contributed by atoms with E-state index in [1.807, 2.05) is 0 Å². The topological polar surface area (TPSA) is 26.3 Å². The molecule has 0 saturated heterocycles. The number of hydrogen-bond donors (Lipinski definition) is 0. The molecular weight excluding hydrogens is 368 g/mol. The molecule has 0 radical (unpaired) electrons. The summed E-state index contributed by atoms with van der Waals surface area (Å²) in [6, 6.07) is 7.07. The van der Waals surface area contributed by atoms with Crippen molar-refractivity contribution in [2.24, 2.45) is 35.5 Å². The minimum Gasteiger partial charge on any atom is -0.426 e. The Morgan fingerprint density at radius 2 is 1.43 bits per heavy atom. The minimum absolute atomic E-state index is 0.0614. The number of hydrogen-bond acceptors (Lipinski definition) is 2. The van der Waals surface area contributed by atoms with Gasteiger partial charge in [-0.2, -0.15) is 0 Å². The molecule has 3 saturated carbocycles. The second-order valence-electron chi connectivity index (χ2n) is 9.39. The molecule has 0 amide bonds. The maximum absolute atomic E-state index is 12.5. The van der Waals surface area contributed by atoms with Crippen molar-refractivity contribution >= 4 is 17.6 Å². The van der Waals surface area contributed by atoms with E-state index >= 15 is 0 Å². The summed E-state index contributed by atoms with van der Waals surface area (Å²) in [5.41, 5.74) is 0. The number of rotatable bonds is 4. The lowest BCUT2D eigenvalue weighted by molar-refractivity contribution is -0.140. The SMILES string of the molecule is C=CC1CCC2CC(C3CCC(C(=O)Oc4ccc(Cl)cc4)CC3)CCC2C1. The summed E-state index contributed by atoms with van der Waals surface area (Å²) >= 11 is 5.90. The van der Waals surface area contributed by atoms with Gasteiger partial charge < -0.3 is 4.74 Å². The van der Waals surface area contributed by atoms with Crippen LogP contribution in [0.5, 0.6) is 5.75 Å². The van der Waals surface area contributed by atoms with Crippen molar-refractivity contribution in [3.63, 3.8) is 0 Å². The van der Waals surface area contributed by atoms with Crippen LogP contribution in [0.2, 0.25) is 5.02 Å². The molecule has 0 spiro atoms. The summed E-state index contributed by atoms with van der Waals surface area (Å²) in [6.07, 6.45) is 14.9. The Labute approximate surface area is 174 Å². The van der Waals surface area contributed by atoms with E-state index in [1.165, 1.54) is 51.4 Å². The summed E-state index contributed by atoms with van der Waals surface area (Å²) in [4.78, 5) is 12.5. The van der Waals surface area contributed by atoms with Crippen molar-refractivity contribution < 1.29 is 9.53 Å². The van der Waals surface area contributed by atoms with E-state index in [0.29, 0.717) is 10.8 Å². The smallest absolute Gasteiger partial charge is 0.314 e. The molecule has 152 valence electrons. The molecule has 1 aromatic rings. The Bertz CT molecular complexity index is 674. The highest BCUT2D eigenvalue weighted by atomic mass is 35.5. The van der Waals surface area contributed by atoms with Gasteiger partial charge in [-0.1, -0.05) is 17.7 Å². The molecule has 0 aromatic heterocycles. The Kier molecular flexibility index (Phi) is 6.45. The Hall–Kier alpha value is -1.28. The van der Waals surface area contributed by atoms with Crippen LogP contribution in [0.25, 0.3) is 0 Å².